The Labute approximate surface area is 269 Å². The van der Waals surface area contributed by atoms with Crippen molar-refractivity contribution < 1.29 is 23.7 Å². The maximum absolute atomic E-state index is 14.0. The number of benzene rings is 2. The smallest absolute Gasteiger partial charge is 0.338 e. The van der Waals surface area contributed by atoms with E-state index in [1.807, 2.05) is 38.1 Å². The second-order valence-corrected chi connectivity index (χ2v) is 12.5. The fraction of sp³-hybridized carbons (Fsp3) is 0.300. The lowest BCUT2D eigenvalue weighted by molar-refractivity contribution is -0.139. The Morgan fingerprint density at radius 1 is 1.22 bits per heavy atom. The molecule has 2 aromatic carbocycles. The number of thiazole rings is 1. The molecule has 0 unspecified atom stereocenters. The minimum absolute atomic E-state index is 0.0614. The van der Waals surface area contributed by atoms with Crippen molar-refractivity contribution in [3.8, 4) is 29.6 Å². The number of halogens is 2. The summed E-state index contributed by atoms with van der Waals surface area (Å²) in [6.45, 7) is 7.71. The van der Waals surface area contributed by atoms with Gasteiger partial charge in [-0.3, -0.25) is 9.36 Å². The number of carbonyl (C=O) groups is 1. The van der Waals surface area contributed by atoms with Crippen LogP contribution >= 0.6 is 56.5 Å². The van der Waals surface area contributed by atoms with Crippen LogP contribution in [0, 0.1) is 19.5 Å². The Morgan fingerprint density at radius 2 is 1.93 bits per heavy atom. The third kappa shape index (κ3) is 6.65. The molecular formula is C30H28I2N2O6S. The summed E-state index contributed by atoms with van der Waals surface area (Å²) in [5, 5.41) is 0. The minimum atomic E-state index is -0.769. The summed E-state index contributed by atoms with van der Waals surface area (Å²) in [5.41, 5.74) is 2.01. The van der Waals surface area contributed by atoms with Gasteiger partial charge >= 0.3 is 5.97 Å². The number of methoxy groups -OCH3 is 1. The molecule has 4 rings (SSSR count). The molecule has 3 aromatic rings. The molecule has 8 nitrogen and oxygen atoms in total. The van der Waals surface area contributed by atoms with E-state index < -0.39 is 12.0 Å². The first-order valence-corrected chi connectivity index (χ1v) is 15.7. The number of hydrogen-bond donors (Lipinski definition) is 0. The summed E-state index contributed by atoms with van der Waals surface area (Å²) >= 11 is 5.64. The number of rotatable bonds is 9. The van der Waals surface area contributed by atoms with Crippen LogP contribution in [0.25, 0.3) is 6.08 Å². The quantitative estimate of drug-likeness (QED) is 0.176. The van der Waals surface area contributed by atoms with E-state index in [1.165, 1.54) is 11.3 Å². The molecule has 0 spiro atoms. The summed E-state index contributed by atoms with van der Waals surface area (Å²) in [5.74, 6) is 3.71. The number of esters is 1. The van der Waals surface area contributed by atoms with Crippen LogP contribution in [0.3, 0.4) is 0 Å². The molecule has 1 aromatic heterocycles. The van der Waals surface area contributed by atoms with Gasteiger partial charge in [0.25, 0.3) is 5.56 Å². The highest BCUT2D eigenvalue weighted by molar-refractivity contribution is 14.1. The number of nitrogens with zero attached hydrogens (tertiary/aromatic N) is 2. The summed E-state index contributed by atoms with van der Waals surface area (Å²) in [6.07, 6.45) is 7.11. The predicted octanol–water partition coefficient (Wildman–Crippen LogP) is 4.82. The molecular weight excluding hydrogens is 770 g/mol. The molecule has 0 saturated carbocycles. The largest absolute Gasteiger partial charge is 0.493 e. The molecule has 41 heavy (non-hydrogen) atoms. The number of allylic oxidation sites excluding steroid dienone is 1. The summed E-state index contributed by atoms with van der Waals surface area (Å²) in [6, 6.07) is 8.50. The highest BCUT2D eigenvalue weighted by atomic mass is 127. The lowest BCUT2D eigenvalue weighted by atomic mass is 9.95. The van der Waals surface area contributed by atoms with Crippen LogP contribution in [0.4, 0.5) is 0 Å². The molecule has 2 heterocycles. The number of aromatic nitrogens is 1. The van der Waals surface area contributed by atoms with Gasteiger partial charge in [-0.25, -0.2) is 9.79 Å². The Hall–Kier alpha value is -2.83. The Morgan fingerprint density at radius 3 is 2.54 bits per heavy atom. The SMILES string of the molecule is C#CCOc1c(I)cc(/C=c2\sc3n(c2=O)[C@@H](c2ccc(OC(C)C)c(OC)c2)C(C(=O)OCC)=C(C)N=3)cc1I. The topological polar surface area (TPSA) is 88.3 Å². The molecule has 0 bridgehead atoms. The molecule has 0 radical (unpaired) electrons. The fourth-order valence-corrected chi connectivity index (χ4v) is 7.55. The summed E-state index contributed by atoms with van der Waals surface area (Å²) in [4.78, 5) is 32.3. The number of hydrogen-bond acceptors (Lipinski definition) is 8. The normalized spacial score (nSPS) is 14.8. The lowest BCUT2D eigenvalue weighted by Gasteiger charge is -2.25. The lowest BCUT2D eigenvalue weighted by Crippen LogP contribution is -2.40. The summed E-state index contributed by atoms with van der Waals surface area (Å²) in [7, 11) is 1.55. The van der Waals surface area contributed by atoms with Gasteiger partial charge in [0.15, 0.2) is 16.3 Å². The molecule has 1 aliphatic heterocycles. The van der Waals surface area contributed by atoms with E-state index in [2.05, 4.69) is 56.1 Å². The average molecular weight is 798 g/mol. The second-order valence-electron chi connectivity index (χ2n) is 9.19. The van der Waals surface area contributed by atoms with Gasteiger partial charge in [-0.15, -0.1) is 6.42 Å². The van der Waals surface area contributed by atoms with E-state index in [4.69, 9.17) is 25.4 Å². The zero-order valence-corrected chi connectivity index (χ0v) is 28.2. The van der Waals surface area contributed by atoms with Crippen LogP contribution in [0.2, 0.25) is 0 Å². The molecule has 1 aliphatic rings. The van der Waals surface area contributed by atoms with Crippen molar-refractivity contribution in [3.63, 3.8) is 0 Å². The number of ether oxygens (including phenoxy) is 4. The molecule has 0 amide bonds. The summed E-state index contributed by atoms with van der Waals surface area (Å²) < 4.78 is 26.3. The van der Waals surface area contributed by atoms with Crippen molar-refractivity contribution in [3.05, 3.63) is 79.6 Å². The van der Waals surface area contributed by atoms with Crippen LogP contribution in [-0.4, -0.2) is 37.0 Å². The highest BCUT2D eigenvalue weighted by Crippen LogP contribution is 2.36. The zero-order valence-electron chi connectivity index (χ0n) is 23.1. The minimum Gasteiger partial charge on any atom is -0.493 e. The Kier molecular flexibility index (Phi) is 10.2. The predicted molar refractivity (Wildman–Crippen MR) is 175 cm³/mol. The van der Waals surface area contributed by atoms with Crippen LogP contribution in [0.5, 0.6) is 17.2 Å². The first kappa shape index (κ1) is 31.1. The van der Waals surface area contributed by atoms with E-state index in [0.29, 0.717) is 43.4 Å². The standard InChI is InChI=1S/C30H28I2N2O6S/c1-7-11-39-27-20(31)12-18(13-21(27)32)14-24-28(35)34-26(19-9-10-22(40-16(3)4)23(15-19)37-6)25(29(36)38-8-2)17(5)33-30(34)41-24/h1,9-10,12-16,26H,8,11H2,2-6H3/b24-14-/t26-/m0/s1. The van der Waals surface area contributed by atoms with Gasteiger partial charge in [0.2, 0.25) is 0 Å². The van der Waals surface area contributed by atoms with Gasteiger partial charge in [0.05, 0.1) is 48.8 Å². The second kappa shape index (κ2) is 13.4. The molecule has 0 saturated heterocycles. The molecule has 0 fully saturated rings. The number of fused-ring (bicyclic) bond motifs is 1. The van der Waals surface area contributed by atoms with Gasteiger partial charge in [-0.05, 0) is 114 Å². The van der Waals surface area contributed by atoms with Crippen molar-refractivity contribution in [2.24, 2.45) is 4.99 Å². The van der Waals surface area contributed by atoms with E-state index in [9.17, 15) is 9.59 Å². The molecule has 0 N–H and O–H groups in total. The number of carbonyl (C=O) groups excluding carboxylic acids is 1. The van der Waals surface area contributed by atoms with Crippen molar-refractivity contribution in [2.45, 2.75) is 39.8 Å². The maximum Gasteiger partial charge on any atom is 0.338 e. The van der Waals surface area contributed by atoms with Gasteiger partial charge in [0, 0.05) is 0 Å². The van der Waals surface area contributed by atoms with E-state index in [0.717, 1.165) is 12.7 Å². The fourth-order valence-electron chi connectivity index (χ4n) is 4.38. The van der Waals surface area contributed by atoms with Crippen molar-refractivity contribution in [1.82, 2.24) is 4.57 Å². The third-order valence-electron chi connectivity index (χ3n) is 6.00. The van der Waals surface area contributed by atoms with E-state index in [1.54, 1.807) is 37.7 Å². The highest BCUT2D eigenvalue weighted by Gasteiger charge is 2.34. The van der Waals surface area contributed by atoms with Gasteiger partial charge < -0.3 is 18.9 Å². The monoisotopic (exact) mass is 798 g/mol. The van der Waals surface area contributed by atoms with Crippen LogP contribution in [0.15, 0.2) is 51.4 Å². The first-order valence-electron chi connectivity index (χ1n) is 12.7. The molecule has 214 valence electrons. The average Bonchev–Trinajstić information content (AvgIpc) is 3.21. The first-order chi connectivity index (χ1) is 19.6. The van der Waals surface area contributed by atoms with Crippen LogP contribution in [0.1, 0.15) is 44.9 Å². The van der Waals surface area contributed by atoms with Crippen molar-refractivity contribution >= 4 is 68.6 Å². The Bertz CT molecular complexity index is 1730. The van der Waals surface area contributed by atoms with Gasteiger partial charge in [0.1, 0.15) is 12.4 Å². The van der Waals surface area contributed by atoms with Crippen molar-refractivity contribution in [2.75, 3.05) is 20.3 Å². The van der Waals surface area contributed by atoms with Gasteiger partial charge in [-0.1, -0.05) is 23.3 Å². The number of terminal acetylenes is 1. The van der Waals surface area contributed by atoms with Crippen LogP contribution in [-0.2, 0) is 9.53 Å². The van der Waals surface area contributed by atoms with E-state index in [-0.39, 0.29) is 24.9 Å². The molecule has 11 heteroatoms. The van der Waals surface area contributed by atoms with Crippen molar-refractivity contribution in [1.29, 1.82) is 0 Å². The molecule has 0 aliphatic carbocycles. The zero-order chi connectivity index (χ0) is 29.8. The van der Waals surface area contributed by atoms with E-state index >= 15 is 0 Å². The van der Waals surface area contributed by atoms with Gasteiger partial charge in [-0.2, -0.15) is 0 Å². The van der Waals surface area contributed by atoms with Crippen LogP contribution < -0.4 is 29.1 Å². The maximum atomic E-state index is 14.0. The third-order valence-corrected chi connectivity index (χ3v) is 8.59. The molecule has 1 atom stereocenters. The Balaban J connectivity index is 1.91.